The lowest BCUT2D eigenvalue weighted by Crippen LogP contribution is -2.14. The van der Waals surface area contributed by atoms with E-state index in [-0.39, 0.29) is 5.56 Å². The normalized spacial score (nSPS) is 10.3. The number of rotatable bonds is 4. The Hall–Kier alpha value is -1.68. The molecule has 4 heteroatoms. The van der Waals surface area contributed by atoms with E-state index in [4.69, 9.17) is 0 Å². The van der Waals surface area contributed by atoms with E-state index in [1.165, 1.54) is 11.6 Å². The average Bonchev–Trinajstić information content (AvgIpc) is 2.41. The van der Waals surface area contributed by atoms with Gasteiger partial charge in [0, 0.05) is 10.2 Å². The SMILES string of the molecule is CCCc1ccc(NC(=O)c2c(F)cccc2Br)cc1. The number of anilines is 1. The minimum Gasteiger partial charge on any atom is -0.322 e. The molecule has 0 unspecified atom stereocenters. The van der Waals surface area contributed by atoms with Crippen molar-refractivity contribution < 1.29 is 9.18 Å². The summed E-state index contributed by atoms with van der Waals surface area (Å²) in [4.78, 5) is 12.1. The molecule has 0 aliphatic rings. The van der Waals surface area contributed by atoms with Gasteiger partial charge in [-0.05, 0) is 52.2 Å². The summed E-state index contributed by atoms with van der Waals surface area (Å²) >= 11 is 3.19. The molecule has 0 saturated carbocycles. The maximum Gasteiger partial charge on any atom is 0.259 e. The summed E-state index contributed by atoms with van der Waals surface area (Å²) in [7, 11) is 0. The lowest BCUT2D eigenvalue weighted by atomic mass is 10.1. The van der Waals surface area contributed by atoms with Gasteiger partial charge in [-0.3, -0.25) is 4.79 Å². The molecule has 0 radical (unpaired) electrons. The van der Waals surface area contributed by atoms with Crippen molar-refractivity contribution in [3.63, 3.8) is 0 Å². The molecule has 0 fully saturated rings. The third-order valence-corrected chi connectivity index (χ3v) is 3.60. The van der Waals surface area contributed by atoms with Crippen LogP contribution in [0.5, 0.6) is 0 Å². The zero-order chi connectivity index (χ0) is 14.5. The summed E-state index contributed by atoms with van der Waals surface area (Å²) in [6.07, 6.45) is 2.08. The van der Waals surface area contributed by atoms with Gasteiger partial charge in [-0.2, -0.15) is 0 Å². The van der Waals surface area contributed by atoms with Crippen LogP contribution in [0.2, 0.25) is 0 Å². The molecule has 0 spiro atoms. The third-order valence-electron chi connectivity index (χ3n) is 2.94. The first-order valence-corrected chi connectivity index (χ1v) is 7.25. The predicted molar refractivity (Wildman–Crippen MR) is 82.5 cm³/mol. The van der Waals surface area contributed by atoms with Crippen molar-refractivity contribution >= 4 is 27.5 Å². The Labute approximate surface area is 126 Å². The number of carbonyl (C=O) groups excluding carboxylic acids is 1. The van der Waals surface area contributed by atoms with Crippen LogP contribution in [-0.2, 0) is 6.42 Å². The highest BCUT2D eigenvalue weighted by Gasteiger charge is 2.15. The molecule has 1 N–H and O–H groups in total. The Morgan fingerprint density at radius 3 is 2.50 bits per heavy atom. The van der Waals surface area contributed by atoms with E-state index in [0.29, 0.717) is 10.2 Å². The fourth-order valence-electron chi connectivity index (χ4n) is 1.95. The topological polar surface area (TPSA) is 29.1 Å². The zero-order valence-corrected chi connectivity index (χ0v) is 12.7. The highest BCUT2D eigenvalue weighted by atomic mass is 79.9. The number of hydrogen-bond acceptors (Lipinski definition) is 1. The van der Waals surface area contributed by atoms with Gasteiger partial charge in [0.25, 0.3) is 5.91 Å². The molecule has 0 saturated heterocycles. The van der Waals surface area contributed by atoms with Crippen LogP contribution in [0, 0.1) is 5.82 Å². The highest BCUT2D eigenvalue weighted by molar-refractivity contribution is 9.10. The number of benzene rings is 2. The van der Waals surface area contributed by atoms with Crippen molar-refractivity contribution in [2.24, 2.45) is 0 Å². The molecule has 20 heavy (non-hydrogen) atoms. The second kappa shape index (κ2) is 6.66. The highest BCUT2D eigenvalue weighted by Crippen LogP contribution is 2.21. The summed E-state index contributed by atoms with van der Waals surface area (Å²) in [5.41, 5.74) is 1.90. The fourth-order valence-corrected chi connectivity index (χ4v) is 2.47. The first-order chi connectivity index (χ1) is 9.61. The Bertz CT molecular complexity index is 590. The number of halogens is 2. The Morgan fingerprint density at radius 1 is 1.20 bits per heavy atom. The summed E-state index contributed by atoms with van der Waals surface area (Å²) in [6.45, 7) is 2.12. The first-order valence-electron chi connectivity index (χ1n) is 6.46. The van der Waals surface area contributed by atoms with Crippen molar-refractivity contribution in [3.05, 3.63) is 63.9 Å². The van der Waals surface area contributed by atoms with Crippen LogP contribution in [0.4, 0.5) is 10.1 Å². The molecule has 2 nitrogen and oxygen atoms in total. The maximum atomic E-state index is 13.7. The molecule has 1 amide bonds. The van der Waals surface area contributed by atoms with Crippen LogP contribution in [0.3, 0.4) is 0 Å². The van der Waals surface area contributed by atoms with Gasteiger partial charge in [0.05, 0.1) is 5.56 Å². The quantitative estimate of drug-likeness (QED) is 0.854. The van der Waals surface area contributed by atoms with Crippen LogP contribution in [0.15, 0.2) is 46.9 Å². The maximum absolute atomic E-state index is 13.7. The third kappa shape index (κ3) is 3.45. The van der Waals surface area contributed by atoms with Gasteiger partial charge in [0.1, 0.15) is 5.82 Å². The number of carbonyl (C=O) groups is 1. The van der Waals surface area contributed by atoms with Crippen molar-refractivity contribution in [3.8, 4) is 0 Å². The number of hydrogen-bond donors (Lipinski definition) is 1. The molecule has 0 heterocycles. The Kier molecular flexibility index (Phi) is 4.90. The van der Waals surface area contributed by atoms with Crippen molar-refractivity contribution in [1.29, 1.82) is 0 Å². The number of amides is 1. The summed E-state index contributed by atoms with van der Waals surface area (Å²) < 4.78 is 14.1. The zero-order valence-electron chi connectivity index (χ0n) is 11.1. The molecule has 2 aromatic rings. The van der Waals surface area contributed by atoms with Gasteiger partial charge in [-0.15, -0.1) is 0 Å². The molecule has 2 aromatic carbocycles. The van der Waals surface area contributed by atoms with Gasteiger partial charge in [-0.1, -0.05) is 31.5 Å². The van der Waals surface area contributed by atoms with Crippen LogP contribution in [0.25, 0.3) is 0 Å². The van der Waals surface area contributed by atoms with Crippen LogP contribution >= 0.6 is 15.9 Å². The van der Waals surface area contributed by atoms with E-state index in [9.17, 15) is 9.18 Å². The van der Waals surface area contributed by atoms with E-state index >= 15 is 0 Å². The fraction of sp³-hybridized carbons (Fsp3) is 0.188. The average molecular weight is 336 g/mol. The van der Waals surface area contributed by atoms with E-state index in [0.717, 1.165) is 12.8 Å². The lowest BCUT2D eigenvalue weighted by molar-refractivity contribution is 0.102. The molecule has 0 aliphatic carbocycles. The van der Waals surface area contributed by atoms with E-state index in [1.807, 2.05) is 24.3 Å². The van der Waals surface area contributed by atoms with Gasteiger partial charge < -0.3 is 5.32 Å². The van der Waals surface area contributed by atoms with Crippen LogP contribution < -0.4 is 5.32 Å². The van der Waals surface area contributed by atoms with E-state index in [1.54, 1.807) is 12.1 Å². The smallest absolute Gasteiger partial charge is 0.259 e. The van der Waals surface area contributed by atoms with Crippen molar-refractivity contribution in [2.75, 3.05) is 5.32 Å². The summed E-state index contributed by atoms with van der Waals surface area (Å²) in [5, 5.41) is 2.70. The van der Waals surface area contributed by atoms with E-state index < -0.39 is 11.7 Å². The predicted octanol–water partition coefficient (Wildman–Crippen LogP) is 4.79. The molecular formula is C16H15BrFNO. The summed E-state index contributed by atoms with van der Waals surface area (Å²) in [6, 6.07) is 12.1. The molecule has 0 atom stereocenters. The molecule has 2 rings (SSSR count). The second-order valence-electron chi connectivity index (χ2n) is 4.50. The van der Waals surface area contributed by atoms with Gasteiger partial charge in [0.15, 0.2) is 0 Å². The molecule has 0 aliphatic heterocycles. The lowest BCUT2D eigenvalue weighted by Gasteiger charge is -2.08. The van der Waals surface area contributed by atoms with Gasteiger partial charge >= 0.3 is 0 Å². The molecular weight excluding hydrogens is 321 g/mol. The number of aryl methyl sites for hydroxylation is 1. The van der Waals surface area contributed by atoms with Gasteiger partial charge in [0.2, 0.25) is 0 Å². The number of nitrogens with one attached hydrogen (secondary N) is 1. The van der Waals surface area contributed by atoms with Crippen LogP contribution in [0.1, 0.15) is 29.3 Å². The first kappa shape index (κ1) is 14.7. The minimum atomic E-state index is -0.542. The largest absolute Gasteiger partial charge is 0.322 e. The summed E-state index contributed by atoms with van der Waals surface area (Å²) in [5.74, 6) is -1.00. The van der Waals surface area contributed by atoms with Crippen molar-refractivity contribution in [1.82, 2.24) is 0 Å². The molecule has 0 aromatic heterocycles. The molecule has 104 valence electrons. The Balaban J connectivity index is 2.15. The minimum absolute atomic E-state index is 0.0186. The van der Waals surface area contributed by atoms with Gasteiger partial charge in [-0.25, -0.2) is 4.39 Å². The standard InChI is InChI=1S/C16H15BrFNO/c1-2-4-11-7-9-12(10-8-11)19-16(20)15-13(17)5-3-6-14(15)18/h3,5-10H,2,4H2,1H3,(H,19,20). The van der Waals surface area contributed by atoms with Crippen molar-refractivity contribution in [2.45, 2.75) is 19.8 Å². The second-order valence-corrected chi connectivity index (χ2v) is 5.35. The molecule has 0 bridgehead atoms. The van der Waals surface area contributed by atoms with Crippen LogP contribution in [-0.4, -0.2) is 5.91 Å². The Morgan fingerprint density at radius 2 is 1.90 bits per heavy atom. The van der Waals surface area contributed by atoms with E-state index in [2.05, 4.69) is 28.2 Å². The monoisotopic (exact) mass is 335 g/mol.